The van der Waals surface area contributed by atoms with Gasteiger partial charge in [0, 0.05) is 0 Å². The van der Waals surface area contributed by atoms with E-state index in [9.17, 15) is 16.8 Å². The molecule has 0 atom stereocenters. The van der Waals surface area contributed by atoms with Crippen molar-refractivity contribution in [1.82, 2.24) is 0 Å². The van der Waals surface area contributed by atoms with E-state index in [1.165, 1.54) is 30.3 Å². The van der Waals surface area contributed by atoms with Crippen molar-refractivity contribution in [3.63, 3.8) is 0 Å². The molecule has 1 N–H and O–H groups in total. The molecule has 0 radical (unpaired) electrons. The van der Waals surface area contributed by atoms with Gasteiger partial charge < -0.3 is 4.18 Å². The van der Waals surface area contributed by atoms with Crippen molar-refractivity contribution in [1.29, 1.82) is 0 Å². The lowest BCUT2D eigenvalue weighted by molar-refractivity contribution is 0.486. The van der Waals surface area contributed by atoms with Crippen LogP contribution in [-0.2, 0) is 20.1 Å². The number of nitrogens with one attached hydrogen (secondary N) is 1. The van der Waals surface area contributed by atoms with Crippen LogP contribution < -0.4 is 8.91 Å². The molecule has 0 amide bonds. The Hall–Kier alpha value is -2.84. The molecular formula is C20H19NO5S2. The molecule has 0 saturated carbocycles. The molecule has 6 nitrogen and oxygen atoms in total. The van der Waals surface area contributed by atoms with Crippen molar-refractivity contribution in [3.05, 3.63) is 83.9 Å². The third kappa shape index (κ3) is 4.35. The predicted molar refractivity (Wildman–Crippen MR) is 107 cm³/mol. The zero-order valence-corrected chi connectivity index (χ0v) is 16.9. The number of benzene rings is 3. The maximum absolute atomic E-state index is 12.7. The van der Waals surface area contributed by atoms with Crippen molar-refractivity contribution >= 4 is 25.8 Å². The molecule has 146 valence electrons. The van der Waals surface area contributed by atoms with Crippen LogP contribution in [0.2, 0.25) is 0 Å². The van der Waals surface area contributed by atoms with Gasteiger partial charge in [-0.05, 0) is 61.4 Å². The zero-order chi connectivity index (χ0) is 20.4. The zero-order valence-electron chi connectivity index (χ0n) is 15.3. The molecule has 0 aliphatic heterocycles. The summed E-state index contributed by atoms with van der Waals surface area (Å²) in [4.78, 5) is 0.0372. The maximum Gasteiger partial charge on any atom is 0.339 e. The fourth-order valence-electron chi connectivity index (χ4n) is 2.50. The Kier molecular flexibility index (Phi) is 5.44. The van der Waals surface area contributed by atoms with Crippen molar-refractivity contribution in [2.45, 2.75) is 23.6 Å². The number of sulfonamides is 1. The highest BCUT2D eigenvalue weighted by atomic mass is 32.2. The Labute approximate surface area is 165 Å². The van der Waals surface area contributed by atoms with Crippen molar-refractivity contribution < 1.29 is 21.0 Å². The van der Waals surface area contributed by atoms with Gasteiger partial charge in [0.1, 0.15) is 4.90 Å². The molecule has 8 heteroatoms. The Bertz CT molecular complexity index is 1090. The van der Waals surface area contributed by atoms with Crippen LogP contribution in [0.3, 0.4) is 0 Å². The average Bonchev–Trinajstić information content (AvgIpc) is 2.67. The molecule has 3 aromatic carbocycles. The molecule has 0 heterocycles. The standard InChI is InChI=1S/C20H19NO5S2/c1-15-13-19(21-27(22,23)17-9-5-3-6-10-17)20(14-16(15)2)26-28(24,25)18-11-7-4-8-12-18/h3-14,21H,1-2H3. The van der Waals surface area contributed by atoms with Gasteiger partial charge in [-0.3, -0.25) is 4.72 Å². The molecular weight excluding hydrogens is 398 g/mol. The van der Waals surface area contributed by atoms with Crippen molar-refractivity contribution in [3.8, 4) is 5.75 Å². The van der Waals surface area contributed by atoms with Crippen LogP contribution >= 0.6 is 0 Å². The van der Waals surface area contributed by atoms with Crippen LogP contribution in [0.5, 0.6) is 5.75 Å². The molecule has 0 saturated heterocycles. The van der Waals surface area contributed by atoms with E-state index in [0.29, 0.717) is 0 Å². The van der Waals surface area contributed by atoms with E-state index in [1.807, 2.05) is 0 Å². The van der Waals surface area contributed by atoms with Gasteiger partial charge in [0.2, 0.25) is 0 Å². The van der Waals surface area contributed by atoms with Crippen molar-refractivity contribution in [2.24, 2.45) is 0 Å². The Morgan fingerprint density at radius 3 is 1.79 bits per heavy atom. The minimum atomic E-state index is -4.12. The van der Waals surface area contributed by atoms with Crippen LogP contribution in [0.1, 0.15) is 11.1 Å². The summed E-state index contributed by atoms with van der Waals surface area (Å²) in [6.07, 6.45) is 0. The second kappa shape index (κ2) is 7.65. The molecule has 3 aromatic rings. The normalized spacial score (nSPS) is 11.8. The molecule has 0 fully saturated rings. The summed E-state index contributed by atoms with van der Waals surface area (Å²) >= 11 is 0. The molecule has 0 aliphatic rings. The number of hydrogen-bond acceptors (Lipinski definition) is 5. The first kappa shape index (κ1) is 19.9. The maximum atomic E-state index is 12.7. The summed E-state index contributed by atoms with van der Waals surface area (Å²) in [5, 5.41) is 0. The van der Waals surface area contributed by atoms with Crippen molar-refractivity contribution in [2.75, 3.05) is 4.72 Å². The fourth-order valence-corrected chi connectivity index (χ4v) is 4.54. The summed E-state index contributed by atoms with van der Waals surface area (Å²) in [7, 11) is -8.03. The minimum Gasteiger partial charge on any atom is -0.377 e. The second-order valence-electron chi connectivity index (χ2n) is 6.20. The highest BCUT2D eigenvalue weighted by molar-refractivity contribution is 7.92. The highest BCUT2D eigenvalue weighted by Gasteiger charge is 2.22. The van der Waals surface area contributed by atoms with E-state index in [2.05, 4.69) is 4.72 Å². The first-order valence-corrected chi connectivity index (χ1v) is 11.3. The largest absolute Gasteiger partial charge is 0.377 e. The van der Waals surface area contributed by atoms with Gasteiger partial charge in [-0.25, -0.2) is 8.42 Å². The summed E-state index contributed by atoms with van der Waals surface area (Å²) in [5.41, 5.74) is 1.60. The van der Waals surface area contributed by atoms with Gasteiger partial charge in [0.15, 0.2) is 5.75 Å². The lowest BCUT2D eigenvalue weighted by Gasteiger charge is -2.16. The monoisotopic (exact) mass is 417 g/mol. The lowest BCUT2D eigenvalue weighted by atomic mass is 10.1. The SMILES string of the molecule is Cc1cc(NS(=O)(=O)c2ccccc2)c(OS(=O)(=O)c2ccccc2)cc1C. The summed E-state index contributed by atoms with van der Waals surface area (Å²) in [6.45, 7) is 3.58. The minimum absolute atomic E-state index is 0.0231. The molecule has 0 aromatic heterocycles. The van der Waals surface area contributed by atoms with Gasteiger partial charge in [-0.2, -0.15) is 8.42 Å². The molecule has 0 aliphatic carbocycles. The smallest absolute Gasteiger partial charge is 0.339 e. The van der Waals surface area contributed by atoms with Crippen LogP contribution in [-0.4, -0.2) is 16.8 Å². The van der Waals surface area contributed by atoms with Gasteiger partial charge >= 0.3 is 10.1 Å². The average molecular weight is 418 g/mol. The summed E-state index contributed by atoms with van der Waals surface area (Å²) < 4.78 is 58.2. The first-order chi connectivity index (χ1) is 13.2. The quantitative estimate of drug-likeness (QED) is 0.615. The van der Waals surface area contributed by atoms with Crippen LogP contribution in [0.4, 0.5) is 5.69 Å². The Balaban J connectivity index is 2.02. The summed E-state index contributed by atoms with van der Waals surface area (Å²) in [5.74, 6) is -0.0912. The van der Waals surface area contributed by atoms with E-state index < -0.39 is 20.1 Å². The van der Waals surface area contributed by atoms with Crippen LogP contribution in [0.25, 0.3) is 0 Å². The van der Waals surface area contributed by atoms with Crippen LogP contribution in [0, 0.1) is 13.8 Å². The molecule has 28 heavy (non-hydrogen) atoms. The van der Waals surface area contributed by atoms with Crippen LogP contribution in [0.15, 0.2) is 82.6 Å². The number of anilines is 1. The molecule has 0 bridgehead atoms. The number of hydrogen-bond donors (Lipinski definition) is 1. The first-order valence-electron chi connectivity index (χ1n) is 8.38. The third-order valence-electron chi connectivity index (χ3n) is 4.13. The lowest BCUT2D eigenvalue weighted by Crippen LogP contribution is -2.16. The van der Waals surface area contributed by atoms with E-state index in [-0.39, 0.29) is 21.2 Å². The van der Waals surface area contributed by atoms with E-state index in [1.54, 1.807) is 56.3 Å². The Morgan fingerprint density at radius 2 is 1.21 bits per heavy atom. The Morgan fingerprint density at radius 1 is 0.714 bits per heavy atom. The molecule has 0 spiro atoms. The molecule has 3 rings (SSSR count). The highest BCUT2D eigenvalue weighted by Crippen LogP contribution is 2.32. The summed E-state index contributed by atoms with van der Waals surface area (Å²) in [6, 6.07) is 18.5. The van der Waals surface area contributed by atoms with E-state index in [0.717, 1.165) is 11.1 Å². The van der Waals surface area contributed by atoms with Gasteiger partial charge in [0.05, 0.1) is 10.6 Å². The number of rotatable bonds is 6. The van der Waals surface area contributed by atoms with Gasteiger partial charge in [0.25, 0.3) is 10.0 Å². The third-order valence-corrected chi connectivity index (χ3v) is 6.76. The number of aryl methyl sites for hydroxylation is 2. The van der Waals surface area contributed by atoms with E-state index in [4.69, 9.17) is 4.18 Å². The van der Waals surface area contributed by atoms with Gasteiger partial charge in [-0.15, -0.1) is 0 Å². The molecule has 0 unspecified atom stereocenters. The van der Waals surface area contributed by atoms with Gasteiger partial charge in [-0.1, -0.05) is 36.4 Å². The fraction of sp³-hybridized carbons (Fsp3) is 0.100. The topological polar surface area (TPSA) is 89.5 Å². The predicted octanol–water partition coefficient (Wildman–Crippen LogP) is 3.87. The second-order valence-corrected chi connectivity index (χ2v) is 9.43. The van der Waals surface area contributed by atoms with E-state index >= 15 is 0 Å².